The highest BCUT2D eigenvalue weighted by atomic mass is 32.2. The van der Waals surface area contributed by atoms with Gasteiger partial charge in [-0.05, 0) is 53.8 Å². The van der Waals surface area contributed by atoms with E-state index in [4.69, 9.17) is 0 Å². The van der Waals surface area contributed by atoms with Gasteiger partial charge >= 0.3 is 0 Å². The van der Waals surface area contributed by atoms with E-state index in [0.717, 1.165) is 5.56 Å². The van der Waals surface area contributed by atoms with Crippen LogP contribution in [0.1, 0.15) is 42.3 Å². The van der Waals surface area contributed by atoms with E-state index in [2.05, 4.69) is 25.3 Å². The van der Waals surface area contributed by atoms with Crippen molar-refractivity contribution in [3.8, 4) is 0 Å². The van der Waals surface area contributed by atoms with Crippen LogP contribution >= 0.6 is 0 Å². The molecule has 1 amide bonds. The molecule has 0 fully saturated rings. The van der Waals surface area contributed by atoms with Crippen molar-refractivity contribution in [3.05, 3.63) is 77.6 Å². The normalized spacial score (nSPS) is 11.6. The number of aromatic nitrogens is 2. The third kappa shape index (κ3) is 6.52. The molecule has 1 heterocycles. The summed E-state index contributed by atoms with van der Waals surface area (Å²) in [5, 5.41) is 5.79. The van der Waals surface area contributed by atoms with Crippen molar-refractivity contribution in [2.75, 3.05) is 23.1 Å². The van der Waals surface area contributed by atoms with E-state index in [9.17, 15) is 13.2 Å². The Morgan fingerprint density at radius 3 is 2.39 bits per heavy atom. The van der Waals surface area contributed by atoms with Crippen LogP contribution < -0.4 is 15.4 Å². The molecule has 0 bridgehead atoms. The molecule has 0 saturated carbocycles. The van der Waals surface area contributed by atoms with Crippen LogP contribution in [-0.2, 0) is 15.4 Å². The monoisotopic (exact) mass is 467 g/mol. The SMILES string of the molecule is Cc1ccc(C(C)(C)C)cc1S(=O)(=O)Nc1cccc(C(=O)NCCNc2ncccn2)c1. The molecular formula is C24H29N5O3S. The lowest BCUT2D eigenvalue weighted by Gasteiger charge is -2.21. The summed E-state index contributed by atoms with van der Waals surface area (Å²) < 4.78 is 28.8. The Morgan fingerprint density at radius 1 is 0.970 bits per heavy atom. The Balaban J connectivity index is 1.67. The van der Waals surface area contributed by atoms with Gasteiger partial charge in [0.05, 0.1) is 4.90 Å². The predicted octanol–water partition coefficient (Wildman–Crippen LogP) is 3.73. The number of benzene rings is 2. The van der Waals surface area contributed by atoms with Gasteiger partial charge < -0.3 is 10.6 Å². The molecule has 3 rings (SSSR count). The number of hydrogen-bond acceptors (Lipinski definition) is 6. The minimum absolute atomic E-state index is 0.183. The fraction of sp³-hybridized carbons (Fsp3) is 0.292. The average molecular weight is 468 g/mol. The number of anilines is 2. The maximum atomic E-state index is 13.1. The van der Waals surface area contributed by atoms with E-state index in [1.807, 2.05) is 32.9 Å². The summed E-state index contributed by atoms with van der Waals surface area (Å²) in [7, 11) is -3.83. The van der Waals surface area contributed by atoms with E-state index in [0.29, 0.717) is 35.9 Å². The molecular weight excluding hydrogens is 438 g/mol. The van der Waals surface area contributed by atoms with E-state index in [1.54, 1.807) is 49.6 Å². The van der Waals surface area contributed by atoms with E-state index in [-0.39, 0.29) is 16.2 Å². The fourth-order valence-electron chi connectivity index (χ4n) is 3.13. The van der Waals surface area contributed by atoms with Crippen molar-refractivity contribution in [2.45, 2.75) is 38.0 Å². The first-order valence-corrected chi connectivity index (χ1v) is 12.1. The molecule has 2 aromatic carbocycles. The predicted molar refractivity (Wildman–Crippen MR) is 130 cm³/mol. The van der Waals surface area contributed by atoms with Crippen molar-refractivity contribution in [1.82, 2.24) is 15.3 Å². The largest absolute Gasteiger partial charge is 0.352 e. The molecule has 3 N–H and O–H groups in total. The van der Waals surface area contributed by atoms with Gasteiger partial charge in [-0.2, -0.15) is 0 Å². The lowest BCUT2D eigenvalue weighted by atomic mass is 9.87. The first kappa shape index (κ1) is 24.2. The lowest BCUT2D eigenvalue weighted by Crippen LogP contribution is -2.29. The number of nitrogens with one attached hydrogen (secondary N) is 3. The van der Waals surface area contributed by atoms with Crippen LogP contribution in [0, 0.1) is 6.92 Å². The molecule has 0 aliphatic carbocycles. The van der Waals surface area contributed by atoms with E-state index >= 15 is 0 Å². The zero-order chi connectivity index (χ0) is 24.1. The van der Waals surface area contributed by atoms with Crippen LogP contribution in [0.25, 0.3) is 0 Å². The van der Waals surface area contributed by atoms with Gasteiger partial charge in [0.25, 0.3) is 15.9 Å². The van der Waals surface area contributed by atoms with Gasteiger partial charge in [-0.1, -0.05) is 39.0 Å². The number of carbonyl (C=O) groups excluding carboxylic acids is 1. The Hall–Kier alpha value is -3.46. The maximum absolute atomic E-state index is 13.1. The van der Waals surface area contributed by atoms with Gasteiger partial charge in [0, 0.05) is 36.7 Å². The minimum Gasteiger partial charge on any atom is -0.352 e. The number of sulfonamides is 1. The highest BCUT2D eigenvalue weighted by Crippen LogP contribution is 2.28. The number of hydrogen-bond donors (Lipinski definition) is 3. The second-order valence-electron chi connectivity index (χ2n) is 8.67. The summed E-state index contributed by atoms with van der Waals surface area (Å²) in [5.74, 6) is 0.173. The summed E-state index contributed by atoms with van der Waals surface area (Å²) in [6, 6.07) is 13.6. The molecule has 0 unspecified atom stereocenters. The van der Waals surface area contributed by atoms with Gasteiger partial charge in [-0.15, -0.1) is 0 Å². The Labute approximate surface area is 194 Å². The van der Waals surface area contributed by atoms with Crippen LogP contribution in [0.15, 0.2) is 65.8 Å². The van der Waals surface area contributed by atoms with Crippen molar-refractivity contribution in [2.24, 2.45) is 0 Å². The molecule has 174 valence electrons. The van der Waals surface area contributed by atoms with Gasteiger partial charge in [-0.3, -0.25) is 9.52 Å². The topological polar surface area (TPSA) is 113 Å². The number of rotatable bonds is 8. The molecule has 0 aliphatic rings. The Kier molecular flexibility index (Phi) is 7.33. The summed E-state index contributed by atoms with van der Waals surface area (Å²) >= 11 is 0. The molecule has 3 aromatic rings. The van der Waals surface area contributed by atoms with Gasteiger partial charge in [0.1, 0.15) is 0 Å². The first-order valence-electron chi connectivity index (χ1n) is 10.6. The number of nitrogens with zero attached hydrogens (tertiary/aromatic N) is 2. The van der Waals surface area contributed by atoms with E-state index in [1.165, 1.54) is 6.07 Å². The van der Waals surface area contributed by atoms with Crippen molar-refractivity contribution in [3.63, 3.8) is 0 Å². The summed E-state index contributed by atoms with van der Waals surface area (Å²) in [4.78, 5) is 20.8. The quantitative estimate of drug-likeness (QED) is 0.435. The molecule has 0 aliphatic heterocycles. The first-order chi connectivity index (χ1) is 15.6. The fourth-order valence-corrected chi connectivity index (χ4v) is 4.45. The van der Waals surface area contributed by atoms with Gasteiger partial charge in [0.2, 0.25) is 5.95 Å². The number of carbonyl (C=O) groups is 1. The highest BCUT2D eigenvalue weighted by molar-refractivity contribution is 7.92. The second kappa shape index (κ2) is 9.99. The molecule has 33 heavy (non-hydrogen) atoms. The average Bonchev–Trinajstić information content (AvgIpc) is 2.76. The molecule has 8 nitrogen and oxygen atoms in total. The zero-order valence-electron chi connectivity index (χ0n) is 19.2. The van der Waals surface area contributed by atoms with Crippen LogP contribution in [0.3, 0.4) is 0 Å². The Bertz CT molecular complexity index is 1220. The molecule has 0 saturated heterocycles. The van der Waals surface area contributed by atoms with Crippen molar-refractivity contribution in [1.29, 1.82) is 0 Å². The molecule has 1 aromatic heterocycles. The second-order valence-corrected chi connectivity index (χ2v) is 10.3. The highest BCUT2D eigenvalue weighted by Gasteiger charge is 2.22. The van der Waals surface area contributed by atoms with Crippen molar-refractivity contribution < 1.29 is 13.2 Å². The lowest BCUT2D eigenvalue weighted by molar-refractivity contribution is 0.0955. The van der Waals surface area contributed by atoms with E-state index < -0.39 is 10.0 Å². The van der Waals surface area contributed by atoms with Gasteiger partial charge in [-0.25, -0.2) is 18.4 Å². The molecule has 0 radical (unpaired) electrons. The van der Waals surface area contributed by atoms with Gasteiger partial charge in [0.15, 0.2) is 0 Å². The third-order valence-corrected chi connectivity index (χ3v) is 6.50. The smallest absolute Gasteiger partial charge is 0.262 e. The number of amides is 1. The maximum Gasteiger partial charge on any atom is 0.262 e. The van der Waals surface area contributed by atoms with Crippen LogP contribution in [-0.4, -0.2) is 37.4 Å². The zero-order valence-corrected chi connectivity index (χ0v) is 20.0. The summed E-state index contributed by atoms with van der Waals surface area (Å²) in [6.45, 7) is 8.67. The van der Waals surface area contributed by atoms with Crippen molar-refractivity contribution >= 4 is 27.6 Å². The third-order valence-electron chi connectivity index (χ3n) is 4.98. The van der Waals surface area contributed by atoms with Crippen LogP contribution in [0.2, 0.25) is 0 Å². The minimum atomic E-state index is -3.83. The van der Waals surface area contributed by atoms with Crippen LogP contribution in [0.5, 0.6) is 0 Å². The standard InChI is InChI=1S/C24H29N5O3S/c1-17-9-10-19(24(2,3)4)16-21(17)33(31,32)29-20-8-5-7-18(15-20)22(30)25-13-14-28-23-26-11-6-12-27-23/h5-12,15-16,29H,13-14H2,1-4H3,(H,25,30)(H,26,27,28). The number of aryl methyl sites for hydroxylation is 1. The molecule has 9 heteroatoms. The Morgan fingerprint density at radius 2 is 1.70 bits per heavy atom. The van der Waals surface area contributed by atoms with Crippen LogP contribution in [0.4, 0.5) is 11.6 Å². The summed E-state index contributed by atoms with van der Waals surface area (Å²) in [5.41, 5.74) is 2.07. The molecule has 0 atom stereocenters. The molecule has 0 spiro atoms. The summed E-state index contributed by atoms with van der Waals surface area (Å²) in [6.07, 6.45) is 3.25.